The first-order chi connectivity index (χ1) is 25.5. The summed E-state index contributed by atoms with van der Waals surface area (Å²) in [5.74, 6) is -0.215. The van der Waals surface area contributed by atoms with Gasteiger partial charge >= 0.3 is 0 Å². The van der Waals surface area contributed by atoms with Gasteiger partial charge in [0.1, 0.15) is 42.7 Å². The number of aliphatic hydroxyl groups is 9. The SMILES string of the molecule is CC(C)(O)[C@H]1CC[C@@](C)([C@H]2[C@@H](O)C[C@@]3(C)[C@@H]4C[C@H](O[C@@H]5O[C@H](CO)[C@@H](O)[C@H](O)[C@@H]5O)[C@H]5C(C)(C)[C@@H](O[C@@H]6OC[C@@H](O)[C@H](O)[C@@H]6O)CC[C@@]56C[C@@]46CC[C@]23C)O1. The van der Waals surface area contributed by atoms with Crippen LogP contribution >= 0.6 is 0 Å². The molecule has 2 spiro atoms. The summed E-state index contributed by atoms with van der Waals surface area (Å²) in [7, 11) is 0. The maximum Gasteiger partial charge on any atom is 0.186 e. The maximum atomic E-state index is 12.2. The van der Waals surface area contributed by atoms with Crippen LogP contribution in [-0.4, -0.2) is 150 Å². The third-order valence-electron chi connectivity index (χ3n) is 17.6. The molecule has 0 aromatic rings. The highest BCUT2D eigenvalue weighted by Gasteiger charge is 2.85. The lowest BCUT2D eigenvalue weighted by atomic mass is 9.41. The molecule has 0 aromatic heterocycles. The summed E-state index contributed by atoms with van der Waals surface area (Å²) in [6.45, 7) is 13.8. The third-order valence-corrected chi connectivity index (χ3v) is 17.6. The molecule has 3 heterocycles. The second-order valence-electron chi connectivity index (χ2n) is 21.1. The Labute approximate surface area is 324 Å². The molecule has 0 amide bonds. The largest absolute Gasteiger partial charge is 0.394 e. The van der Waals surface area contributed by atoms with E-state index in [1.54, 1.807) is 13.8 Å². The van der Waals surface area contributed by atoms with Gasteiger partial charge in [0.2, 0.25) is 0 Å². The molecule has 5 aliphatic carbocycles. The number of rotatable bonds is 7. The van der Waals surface area contributed by atoms with Crippen molar-refractivity contribution in [3.8, 4) is 0 Å². The van der Waals surface area contributed by atoms with E-state index in [1.807, 2.05) is 0 Å². The molecule has 0 aromatic carbocycles. The second kappa shape index (κ2) is 13.2. The maximum absolute atomic E-state index is 12.2. The molecule has 14 nitrogen and oxygen atoms in total. The topological polar surface area (TPSA) is 228 Å². The number of aliphatic hydroxyl groups excluding tert-OH is 8. The molecule has 9 N–H and O–H groups in total. The molecule has 0 radical (unpaired) electrons. The molecule has 21 atom stereocenters. The highest BCUT2D eigenvalue weighted by atomic mass is 16.7. The molecule has 0 bridgehead atoms. The molecule has 8 fully saturated rings. The quantitative estimate of drug-likeness (QED) is 0.162. The smallest absolute Gasteiger partial charge is 0.186 e. The molecule has 3 saturated heterocycles. The lowest BCUT2D eigenvalue weighted by Crippen LogP contribution is -2.65. The highest BCUT2D eigenvalue weighted by molar-refractivity contribution is 5.33. The zero-order chi connectivity index (χ0) is 40.1. The van der Waals surface area contributed by atoms with Crippen LogP contribution in [0.2, 0.25) is 0 Å². The first-order valence-corrected chi connectivity index (χ1v) is 20.9. The van der Waals surface area contributed by atoms with E-state index in [4.69, 9.17) is 23.7 Å². The molecule has 5 saturated carbocycles. The first kappa shape index (κ1) is 41.2. The molecule has 3 aliphatic heterocycles. The number of fused-ring (bicyclic) bond motifs is 2. The summed E-state index contributed by atoms with van der Waals surface area (Å²) in [5, 5.41) is 97.2. The van der Waals surface area contributed by atoms with Gasteiger partial charge in [0.25, 0.3) is 0 Å². The van der Waals surface area contributed by atoms with Gasteiger partial charge in [-0.3, -0.25) is 0 Å². The van der Waals surface area contributed by atoms with Crippen molar-refractivity contribution in [1.82, 2.24) is 0 Å². The summed E-state index contributed by atoms with van der Waals surface area (Å²) >= 11 is 0. The number of hydrogen-bond donors (Lipinski definition) is 9. The zero-order valence-corrected chi connectivity index (χ0v) is 33.6. The average Bonchev–Trinajstić information content (AvgIpc) is 3.47. The molecular weight excluding hydrogens is 716 g/mol. The summed E-state index contributed by atoms with van der Waals surface area (Å²) < 4.78 is 31.9. The lowest BCUT2D eigenvalue weighted by molar-refractivity contribution is -0.339. The van der Waals surface area contributed by atoms with Gasteiger partial charge < -0.3 is 69.6 Å². The van der Waals surface area contributed by atoms with E-state index in [0.29, 0.717) is 25.7 Å². The molecular formula is C41H68O14. The summed E-state index contributed by atoms with van der Waals surface area (Å²) in [6.07, 6.45) is -7.48. The second-order valence-corrected chi connectivity index (χ2v) is 21.1. The summed E-state index contributed by atoms with van der Waals surface area (Å²) in [5.41, 5.74) is -3.16. The van der Waals surface area contributed by atoms with E-state index in [0.717, 1.165) is 32.1 Å². The molecule has 14 heteroatoms. The fraction of sp³-hybridized carbons (Fsp3) is 1.00. The summed E-state index contributed by atoms with van der Waals surface area (Å²) in [4.78, 5) is 0. The van der Waals surface area contributed by atoms with Crippen LogP contribution in [0.5, 0.6) is 0 Å². The lowest BCUT2D eigenvalue weighted by Gasteiger charge is -2.65. The van der Waals surface area contributed by atoms with Crippen LogP contribution in [0.15, 0.2) is 0 Å². The molecule has 55 heavy (non-hydrogen) atoms. The standard InChI is InChI=1S/C41H68O14/c1-35(2)24(54-33-29(48)26(45)20(44)17-51-33)9-11-41-18-40(41)13-12-37(5)31(39(7)10-8-25(55-39)36(3,4)50)19(43)15-38(37,6)23(40)14-21(32(35)41)52-34-30(49)28(47)27(46)22(16-42)53-34/h19-34,42-50H,8-18H2,1-7H3/t19-,20+,21-,22+,23-,24-,25+,26-,27+,28-,29-,30-,31-,32-,33-,34+,37+,38-,39-,40-,41+/m0/s1. The van der Waals surface area contributed by atoms with Crippen molar-refractivity contribution in [2.75, 3.05) is 13.2 Å². The fourth-order valence-electron chi connectivity index (χ4n) is 14.9. The van der Waals surface area contributed by atoms with Crippen molar-refractivity contribution >= 4 is 0 Å². The van der Waals surface area contributed by atoms with E-state index in [2.05, 4.69) is 34.6 Å². The monoisotopic (exact) mass is 784 g/mol. The van der Waals surface area contributed by atoms with Crippen LogP contribution in [-0.2, 0) is 23.7 Å². The van der Waals surface area contributed by atoms with Gasteiger partial charge in [-0.15, -0.1) is 0 Å². The normalized spacial score (nSPS) is 58.7. The number of ether oxygens (including phenoxy) is 5. The highest BCUT2D eigenvalue weighted by Crippen LogP contribution is 2.89. The van der Waals surface area contributed by atoms with Crippen molar-refractivity contribution in [2.45, 2.75) is 197 Å². The Balaban J connectivity index is 1.15. The fourth-order valence-corrected chi connectivity index (χ4v) is 14.9. The molecule has 8 aliphatic rings. The van der Waals surface area contributed by atoms with E-state index < -0.39 is 96.8 Å². The van der Waals surface area contributed by atoms with Gasteiger partial charge in [0, 0.05) is 5.92 Å². The van der Waals surface area contributed by atoms with Crippen LogP contribution in [0.3, 0.4) is 0 Å². The predicted molar refractivity (Wildman–Crippen MR) is 194 cm³/mol. The van der Waals surface area contributed by atoms with Crippen LogP contribution in [0.25, 0.3) is 0 Å². The van der Waals surface area contributed by atoms with Crippen LogP contribution in [0.1, 0.15) is 106 Å². The van der Waals surface area contributed by atoms with Crippen molar-refractivity contribution < 1.29 is 69.6 Å². The minimum atomic E-state index is -1.60. The first-order valence-electron chi connectivity index (χ1n) is 20.9. The minimum Gasteiger partial charge on any atom is -0.394 e. The van der Waals surface area contributed by atoms with Crippen molar-refractivity contribution in [1.29, 1.82) is 0 Å². The zero-order valence-electron chi connectivity index (χ0n) is 33.6. The van der Waals surface area contributed by atoms with E-state index in [1.165, 1.54) is 0 Å². The Bertz CT molecular complexity index is 1460. The minimum absolute atomic E-state index is 0.0633. The van der Waals surface area contributed by atoms with E-state index in [-0.39, 0.29) is 52.1 Å². The summed E-state index contributed by atoms with van der Waals surface area (Å²) in [6, 6.07) is 0. The van der Waals surface area contributed by atoms with Gasteiger partial charge in [-0.2, -0.15) is 0 Å². The van der Waals surface area contributed by atoms with Crippen molar-refractivity contribution in [3.05, 3.63) is 0 Å². The van der Waals surface area contributed by atoms with E-state index in [9.17, 15) is 46.0 Å². The van der Waals surface area contributed by atoms with Crippen LogP contribution in [0, 0.1) is 44.8 Å². The van der Waals surface area contributed by atoms with Gasteiger partial charge in [-0.1, -0.05) is 27.7 Å². The van der Waals surface area contributed by atoms with Gasteiger partial charge in [0.15, 0.2) is 12.6 Å². The number of hydrogen-bond acceptors (Lipinski definition) is 14. The van der Waals surface area contributed by atoms with Crippen LogP contribution < -0.4 is 0 Å². The van der Waals surface area contributed by atoms with Crippen molar-refractivity contribution in [3.63, 3.8) is 0 Å². The van der Waals surface area contributed by atoms with Gasteiger partial charge in [0.05, 0.1) is 48.8 Å². The van der Waals surface area contributed by atoms with E-state index >= 15 is 0 Å². The van der Waals surface area contributed by atoms with Crippen LogP contribution in [0.4, 0.5) is 0 Å². The molecule has 0 unspecified atom stereocenters. The Morgan fingerprint density at radius 3 is 2.05 bits per heavy atom. The van der Waals surface area contributed by atoms with Crippen molar-refractivity contribution in [2.24, 2.45) is 44.8 Å². The van der Waals surface area contributed by atoms with Gasteiger partial charge in [-0.25, -0.2) is 0 Å². The molecule has 316 valence electrons. The Morgan fingerprint density at radius 1 is 0.709 bits per heavy atom. The van der Waals surface area contributed by atoms with Gasteiger partial charge in [-0.05, 0) is 117 Å². The molecule has 8 rings (SSSR count). The Morgan fingerprint density at radius 2 is 1.40 bits per heavy atom. The Hall–Kier alpha value is -0.560. The predicted octanol–water partition coefficient (Wildman–Crippen LogP) is 0.724. The third kappa shape index (κ3) is 5.70. The average molecular weight is 785 g/mol. The Kier molecular flexibility index (Phi) is 9.90.